The van der Waals surface area contributed by atoms with Crippen LogP contribution in [0.3, 0.4) is 0 Å². The highest BCUT2D eigenvalue weighted by Crippen LogP contribution is 2.41. The maximum atomic E-state index is 16.8. The molecule has 0 aliphatic carbocycles. The molecule has 4 atom stereocenters. The van der Waals surface area contributed by atoms with Crippen molar-refractivity contribution < 1.29 is 18.3 Å². The average molecular weight is 599 g/mol. The monoisotopic (exact) mass is 598 g/mol. The van der Waals surface area contributed by atoms with Crippen LogP contribution in [-0.4, -0.2) is 74.9 Å². The fourth-order valence-electron chi connectivity index (χ4n) is 8.00. The third-order valence-corrected chi connectivity index (χ3v) is 9.95. The number of anilines is 1. The minimum Gasteiger partial charge on any atom is -0.508 e. The molecule has 4 unspecified atom stereocenters. The SMILES string of the molecule is CCc1c(F)ccc2cc(O)cc(-c3ncc4c(N5CC6CCC(C5)N6)nc(C#CC56CCCN5CC(F)C6)nc4c3F)c12. The van der Waals surface area contributed by atoms with E-state index in [0.717, 1.165) is 45.3 Å². The van der Waals surface area contributed by atoms with Gasteiger partial charge in [-0.15, -0.1) is 0 Å². The summed E-state index contributed by atoms with van der Waals surface area (Å²) in [5, 5.41) is 15.7. The van der Waals surface area contributed by atoms with Crippen LogP contribution in [0, 0.1) is 23.5 Å². The van der Waals surface area contributed by atoms with Crippen LogP contribution < -0.4 is 10.2 Å². The molecule has 4 aliphatic heterocycles. The van der Waals surface area contributed by atoms with Crippen LogP contribution in [0.5, 0.6) is 5.75 Å². The lowest BCUT2D eigenvalue weighted by molar-refractivity contribution is 0.255. The highest BCUT2D eigenvalue weighted by atomic mass is 19.1. The van der Waals surface area contributed by atoms with Gasteiger partial charge in [-0.25, -0.2) is 23.1 Å². The van der Waals surface area contributed by atoms with Crippen molar-refractivity contribution in [1.29, 1.82) is 0 Å². The van der Waals surface area contributed by atoms with Gasteiger partial charge in [-0.3, -0.25) is 9.88 Å². The summed E-state index contributed by atoms with van der Waals surface area (Å²) < 4.78 is 46.1. The van der Waals surface area contributed by atoms with Crippen LogP contribution in [0.1, 0.15) is 50.4 Å². The van der Waals surface area contributed by atoms with E-state index in [4.69, 9.17) is 4.98 Å². The van der Waals surface area contributed by atoms with E-state index < -0.39 is 23.3 Å². The van der Waals surface area contributed by atoms with E-state index in [1.807, 2.05) is 6.92 Å². The van der Waals surface area contributed by atoms with E-state index >= 15 is 4.39 Å². The number of alkyl halides is 1. The molecule has 4 saturated heterocycles. The van der Waals surface area contributed by atoms with Gasteiger partial charge < -0.3 is 15.3 Å². The van der Waals surface area contributed by atoms with Gasteiger partial charge in [0.05, 0.1) is 10.9 Å². The fourth-order valence-corrected chi connectivity index (χ4v) is 8.00. The third kappa shape index (κ3) is 4.39. The predicted octanol–water partition coefficient (Wildman–Crippen LogP) is 5.26. The van der Waals surface area contributed by atoms with Gasteiger partial charge in [-0.1, -0.05) is 18.9 Å². The minimum absolute atomic E-state index is 0.0285. The Bertz CT molecular complexity index is 1880. The zero-order valence-electron chi connectivity index (χ0n) is 24.5. The largest absolute Gasteiger partial charge is 0.508 e. The first-order valence-electron chi connectivity index (χ1n) is 15.6. The van der Waals surface area contributed by atoms with Gasteiger partial charge in [-0.05, 0) is 79.1 Å². The number of rotatable bonds is 3. The summed E-state index contributed by atoms with van der Waals surface area (Å²) in [6.07, 6.45) is 5.26. The molecule has 4 aromatic rings. The summed E-state index contributed by atoms with van der Waals surface area (Å²) >= 11 is 0. The molecule has 0 saturated carbocycles. The van der Waals surface area contributed by atoms with Gasteiger partial charge in [0.2, 0.25) is 5.82 Å². The van der Waals surface area contributed by atoms with Crippen LogP contribution >= 0.6 is 0 Å². The summed E-state index contributed by atoms with van der Waals surface area (Å²) in [7, 11) is 0. The molecule has 0 radical (unpaired) electrons. The zero-order valence-corrected chi connectivity index (χ0v) is 24.5. The number of hydrogen-bond donors (Lipinski definition) is 2. The Labute approximate surface area is 253 Å². The van der Waals surface area contributed by atoms with Gasteiger partial charge in [0.1, 0.15) is 34.8 Å². The molecule has 4 fully saturated rings. The van der Waals surface area contributed by atoms with Gasteiger partial charge in [0, 0.05) is 49.9 Å². The van der Waals surface area contributed by atoms with Gasteiger partial charge in [-0.2, -0.15) is 0 Å². The number of halogens is 3. The van der Waals surface area contributed by atoms with E-state index in [0.29, 0.717) is 64.6 Å². The Morgan fingerprint density at radius 1 is 1.11 bits per heavy atom. The van der Waals surface area contributed by atoms with Crippen molar-refractivity contribution in [1.82, 2.24) is 25.2 Å². The maximum Gasteiger partial charge on any atom is 0.207 e. The highest BCUT2D eigenvalue weighted by molar-refractivity contribution is 6.01. The van der Waals surface area contributed by atoms with Crippen LogP contribution in [0.15, 0.2) is 30.5 Å². The zero-order chi connectivity index (χ0) is 30.2. The van der Waals surface area contributed by atoms with Gasteiger partial charge in [0.15, 0.2) is 5.82 Å². The molecule has 2 N–H and O–H groups in total. The molecule has 2 aromatic carbocycles. The molecule has 8 rings (SSSR count). The lowest BCUT2D eigenvalue weighted by Crippen LogP contribution is -2.51. The summed E-state index contributed by atoms with van der Waals surface area (Å²) in [5.41, 5.74) is 0.211. The molecule has 10 heteroatoms. The number of nitrogens with one attached hydrogen (secondary N) is 1. The van der Waals surface area contributed by atoms with E-state index in [9.17, 15) is 13.9 Å². The molecule has 226 valence electrons. The van der Waals surface area contributed by atoms with Crippen molar-refractivity contribution in [3.05, 3.63) is 53.5 Å². The van der Waals surface area contributed by atoms with Crippen LogP contribution in [0.2, 0.25) is 0 Å². The summed E-state index contributed by atoms with van der Waals surface area (Å²) in [5.74, 6) is 6.05. The number of nitrogens with zero attached hydrogens (tertiary/aromatic N) is 5. The maximum absolute atomic E-state index is 16.8. The second-order valence-corrected chi connectivity index (χ2v) is 12.7. The molecular weight excluding hydrogens is 565 g/mol. The third-order valence-electron chi connectivity index (χ3n) is 9.95. The molecular formula is C34H33F3N6O. The standard InChI is InChI=1S/C34H33F3N6O/c1-2-24-27(36)7-4-19-12-23(44)13-25(29(19)24)31-30(37)32-26(15-38-31)33(42-17-21-5-6-22(18-42)39-21)41-28(40-32)8-10-34-9-3-11-43(34)16-20(35)14-34/h4,7,12-13,15,20-22,39,44H,2-3,5-6,9,11,14,16-18H2,1H3. The number of pyridine rings is 1. The minimum atomic E-state index is -0.921. The van der Waals surface area contributed by atoms with Crippen molar-refractivity contribution >= 4 is 27.5 Å². The lowest BCUT2D eigenvalue weighted by Gasteiger charge is -2.34. The van der Waals surface area contributed by atoms with Crippen molar-refractivity contribution in [3.63, 3.8) is 0 Å². The van der Waals surface area contributed by atoms with Crippen molar-refractivity contribution in [2.75, 3.05) is 31.1 Å². The molecule has 2 bridgehead atoms. The molecule has 0 amide bonds. The fraction of sp³-hybridized carbons (Fsp3) is 0.441. The van der Waals surface area contributed by atoms with Crippen molar-refractivity contribution in [2.24, 2.45) is 0 Å². The second-order valence-electron chi connectivity index (χ2n) is 12.7. The van der Waals surface area contributed by atoms with Crippen molar-refractivity contribution in [3.8, 4) is 28.8 Å². The van der Waals surface area contributed by atoms with Crippen LogP contribution in [0.25, 0.3) is 32.9 Å². The van der Waals surface area contributed by atoms with Gasteiger partial charge >= 0.3 is 0 Å². The topological polar surface area (TPSA) is 77.4 Å². The first kappa shape index (κ1) is 27.6. The average Bonchev–Trinajstić information content (AvgIpc) is 3.66. The number of aromatic nitrogens is 3. The smallest absolute Gasteiger partial charge is 0.207 e. The van der Waals surface area contributed by atoms with E-state index in [2.05, 4.69) is 36.9 Å². The number of aryl methyl sites for hydroxylation is 1. The number of phenolic OH excluding ortho intramolecular Hbond substituents is 1. The first-order chi connectivity index (χ1) is 21.3. The number of fused-ring (bicyclic) bond motifs is 5. The summed E-state index contributed by atoms with van der Waals surface area (Å²) in [6.45, 7) is 4.46. The number of benzene rings is 2. The Morgan fingerprint density at radius 3 is 2.73 bits per heavy atom. The molecule has 2 aromatic heterocycles. The molecule has 44 heavy (non-hydrogen) atoms. The summed E-state index contributed by atoms with van der Waals surface area (Å²) in [6, 6.07) is 6.54. The summed E-state index contributed by atoms with van der Waals surface area (Å²) in [4.78, 5) is 18.3. The van der Waals surface area contributed by atoms with E-state index in [-0.39, 0.29) is 22.8 Å². The van der Waals surface area contributed by atoms with Crippen LogP contribution in [0.4, 0.5) is 19.0 Å². The number of phenols is 1. The number of hydrogen-bond acceptors (Lipinski definition) is 7. The van der Waals surface area contributed by atoms with E-state index in [1.54, 1.807) is 18.3 Å². The normalized spacial score (nSPS) is 26.4. The highest BCUT2D eigenvalue weighted by Gasteiger charge is 2.47. The first-order valence-corrected chi connectivity index (χ1v) is 15.6. The van der Waals surface area contributed by atoms with E-state index in [1.165, 1.54) is 12.1 Å². The van der Waals surface area contributed by atoms with Crippen LogP contribution in [-0.2, 0) is 6.42 Å². The molecule has 0 spiro atoms. The predicted molar refractivity (Wildman–Crippen MR) is 163 cm³/mol. The molecule has 4 aliphatic rings. The Kier molecular flexibility index (Phi) is 6.47. The number of piperazine rings is 1. The Balaban J connectivity index is 1.33. The Hall–Kier alpha value is -3.94. The molecule has 6 heterocycles. The van der Waals surface area contributed by atoms with Gasteiger partial charge in [0.25, 0.3) is 0 Å². The second kappa shape index (κ2) is 10.3. The number of aromatic hydroxyl groups is 1. The lowest BCUT2D eigenvalue weighted by atomic mass is 9.94. The quantitative estimate of drug-likeness (QED) is 0.312. The molecule has 7 nitrogen and oxygen atoms in total. The Morgan fingerprint density at radius 2 is 1.93 bits per heavy atom. The van der Waals surface area contributed by atoms with Crippen molar-refractivity contribution in [2.45, 2.75) is 69.2 Å².